The van der Waals surface area contributed by atoms with Crippen LogP contribution in [0.4, 0.5) is 5.82 Å². The summed E-state index contributed by atoms with van der Waals surface area (Å²) < 4.78 is 11.1. The maximum absolute atomic E-state index is 11.6. The first-order valence-electron chi connectivity index (χ1n) is 5.20. The molecule has 0 spiro atoms. The zero-order valence-electron chi connectivity index (χ0n) is 9.84. The minimum atomic E-state index is -0.868. The van der Waals surface area contributed by atoms with Crippen molar-refractivity contribution in [1.82, 2.24) is 15.5 Å². The van der Waals surface area contributed by atoms with E-state index in [1.54, 1.807) is 6.26 Å². The maximum Gasteiger partial charge on any atom is 0.271 e. The van der Waals surface area contributed by atoms with Crippen LogP contribution < -0.4 is 11.1 Å². The summed E-state index contributed by atoms with van der Waals surface area (Å²) in [6.07, 6.45) is 2.31. The van der Waals surface area contributed by atoms with Gasteiger partial charge in [0.1, 0.15) is 5.82 Å². The van der Waals surface area contributed by atoms with Gasteiger partial charge in [0.2, 0.25) is 0 Å². The Kier molecular flexibility index (Phi) is 5.02. The minimum absolute atomic E-state index is 0.0628. The predicted octanol–water partition coefficient (Wildman–Crippen LogP) is -0.0543. The first-order chi connectivity index (χ1) is 8.00. The van der Waals surface area contributed by atoms with Crippen molar-refractivity contribution in [3.8, 4) is 0 Å². The smallest absolute Gasteiger partial charge is 0.271 e. The Bertz CT molecular complexity index is 407. The van der Waals surface area contributed by atoms with Crippen molar-refractivity contribution < 1.29 is 9.00 Å². The number of rotatable bonds is 5. The van der Waals surface area contributed by atoms with Crippen LogP contribution in [0.1, 0.15) is 23.8 Å². The highest BCUT2D eigenvalue weighted by molar-refractivity contribution is 7.84. The molecule has 3 N–H and O–H groups in total. The summed E-state index contributed by atoms with van der Waals surface area (Å²) in [4.78, 5) is 11.6. The molecule has 94 valence electrons. The van der Waals surface area contributed by atoms with E-state index in [2.05, 4.69) is 15.5 Å². The lowest BCUT2D eigenvalue weighted by Crippen LogP contribution is -2.28. The van der Waals surface area contributed by atoms with Crippen molar-refractivity contribution in [2.24, 2.45) is 0 Å². The van der Waals surface area contributed by atoms with E-state index >= 15 is 0 Å². The summed E-state index contributed by atoms with van der Waals surface area (Å²) in [5.74, 6) is -0.0249. The first kappa shape index (κ1) is 13.6. The molecule has 1 heterocycles. The van der Waals surface area contributed by atoms with Gasteiger partial charge in [-0.2, -0.15) is 0 Å². The van der Waals surface area contributed by atoms with Crippen LogP contribution in [0.2, 0.25) is 0 Å². The second kappa shape index (κ2) is 6.29. The molecule has 2 unspecified atom stereocenters. The third kappa shape index (κ3) is 4.48. The van der Waals surface area contributed by atoms with Crippen LogP contribution in [0.15, 0.2) is 12.1 Å². The second-order valence-corrected chi connectivity index (χ2v) is 5.50. The number of carbonyl (C=O) groups excluding carboxylic acids is 1. The molecule has 1 aromatic heterocycles. The maximum atomic E-state index is 11.6. The largest absolute Gasteiger partial charge is 0.382 e. The van der Waals surface area contributed by atoms with E-state index in [1.807, 2.05) is 6.92 Å². The number of nitrogens with two attached hydrogens (primary N) is 1. The predicted molar refractivity (Wildman–Crippen MR) is 66.9 cm³/mol. The fraction of sp³-hybridized carbons (Fsp3) is 0.500. The zero-order valence-corrected chi connectivity index (χ0v) is 10.7. The molecule has 0 saturated heterocycles. The van der Waals surface area contributed by atoms with Gasteiger partial charge in [0.05, 0.1) is 0 Å². The molecule has 17 heavy (non-hydrogen) atoms. The zero-order chi connectivity index (χ0) is 12.8. The van der Waals surface area contributed by atoms with Gasteiger partial charge in [-0.3, -0.25) is 9.00 Å². The lowest BCUT2D eigenvalue weighted by molar-refractivity contribution is 0.0947. The summed E-state index contributed by atoms with van der Waals surface area (Å²) in [6, 6.07) is 3.03. The number of hydrogen-bond donors (Lipinski definition) is 2. The van der Waals surface area contributed by atoms with E-state index in [0.717, 1.165) is 0 Å². The molecule has 0 fully saturated rings. The van der Waals surface area contributed by atoms with Crippen LogP contribution in [0, 0.1) is 0 Å². The van der Waals surface area contributed by atoms with Crippen molar-refractivity contribution in [1.29, 1.82) is 0 Å². The van der Waals surface area contributed by atoms with Gasteiger partial charge in [-0.1, -0.05) is 6.92 Å². The molecule has 1 amide bonds. The molecule has 7 heteroatoms. The van der Waals surface area contributed by atoms with Crippen molar-refractivity contribution in [2.45, 2.75) is 18.6 Å². The van der Waals surface area contributed by atoms with Crippen molar-refractivity contribution in [3.05, 3.63) is 17.8 Å². The Labute approximate surface area is 102 Å². The fourth-order valence-corrected chi connectivity index (χ4v) is 1.56. The number of nitrogens with one attached hydrogen (secondary N) is 1. The van der Waals surface area contributed by atoms with Gasteiger partial charge in [-0.25, -0.2) is 0 Å². The van der Waals surface area contributed by atoms with Crippen LogP contribution in [-0.4, -0.2) is 38.4 Å². The summed E-state index contributed by atoms with van der Waals surface area (Å²) >= 11 is 0. The number of nitrogen functional groups attached to an aromatic ring is 1. The Hall–Kier alpha value is -1.50. The number of nitrogens with zero attached hydrogens (tertiary/aromatic N) is 2. The summed E-state index contributed by atoms with van der Waals surface area (Å²) in [5.41, 5.74) is 5.59. The molecule has 0 aliphatic carbocycles. The molecule has 0 radical (unpaired) electrons. The van der Waals surface area contributed by atoms with Crippen LogP contribution in [0.3, 0.4) is 0 Å². The highest BCUT2D eigenvalue weighted by Crippen LogP contribution is 1.99. The Morgan fingerprint density at radius 3 is 2.76 bits per heavy atom. The van der Waals surface area contributed by atoms with Crippen LogP contribution in [0.5, 0.6) is 0 Å². The number of aromatic nitrogens is 2. The van der Waals surface area contributed by atoms with E-state index in [9.17, 15) is 9.00 Å². The Balaban J connectivity index is 2.40. The summed E-state index contributed by atoms with van der Waals surface area (Å²) in [6.45, 7) is 2.34. The standard InChI is InChI=1S/C10H16N4O2S/c1-7(17(2)16)5-6-12-10(15)8-3-4-9(11)14-13-8/h3-4,7H,5-6H2,1-2H3,(H2,11,14)(H,12,15). The highest BCUT2D eigenvalue weighted by Gasteiger charge is 2.09. The van der Waals surface area contributed by atoms with E-state index in [-0.39, 0.29) is 22.7 Å². The van der Waals surface area contributed by atoms with Gasteiger partial charge < -0.3 is 11.1 Å². The van der Waals surface area contributed by atoms with E-state index in [4.69, 9.17) is 5.73 Å². The minimum Gasteiger partial charge on any atom is -0.382 e. The Morgan fingerprint density at radius 1 is 1.53 bits per heavy atom. The molecule has 6 nitrogen and oxygen atoms in total. The highest BCUT2D eigenvalue weighted by atomic mass is 32.2. The lowest BCUT2D eigenvalue weighted by atomic mass is 10.3. The van der Waals surface area contributed by atoms with Gasteiger partial charge in [-0.05, 0) is 18.6 Å². The number of hydrogen-bond acceptors (Lipinski definition) is 5. The fourth-order valence-electron chi connectivity index (χ4n) is 1.11. The Morgan fingerprint density at radius 2 is 2.24 bits per heavy atom. The third-order valence-electron chi connectivity index (χ3n) is 2.32. The molecule has 1 aromatic rings. The van der Waals surface area contributed by atoms with E-state index < -0.39 is 10.8 Å². The molecular weight excluding hydrogens is 240 g/mol. The summed E-state index contributed by atoms with van der Waals surface area (Å²) in [5, 5.41) is 10.0. The van der Waals surface area contributed by atoms with Gasteiger partial charge in [-0.15, -0.1) is 10.2 Å². The number of amides is 1. The molecule has 0 aliphatic heterocycles. The molecule has 0 aromatic carbocycles. The SMILES string of the molecule is CC(CCNC(=O)c1ccc(N)nn1)S(C)=O. The quantitative estimate of drug-likeness (QED) is 0.769. The molecule has 2 atom stereocenters. The van der Waals surface area contributed by atoms with Crippen molar-refractivity contribution in [3.63, 3.8) is 0 Å². The van der Waals surface area contributed by atoms with Crippen molar-refractivity contribution in [2.75, 3.05) is 18.5 Å². The van der Waals surface area contributed by atoms with Crippen LogP contribution >= 0.6 is 0 Å². The second-order valence-electron chi connectivity index (χ2n) is 3.70. The van der Waals surface area contributed by atoms with E-state index in [1.165, 1.54) is 12.1 Å². The van der Waals surface area contributed by atoms with Gasteiger partial charge >= 0.3 is 0 Å². The monoisotopic (exact) mass is 256 g/mol. The van der Waals surface area contributed by atoms with Crippen LogP contribution in [0.25, 0.3) is 0 Å². The number of carbonyl (C=O) groups is 1. The molecule has 0 bridgehead atoms. The third-order valence-corrected chi connectivity index (χ3v) is 3.69. The molecule has 0 saturated carbocycles. The van der Waals surface area contributed by atoms with Gasteiger partial charge in [0.25, 0.3) is 5.91 Å². The average Bonchev–Trinajstić information content (AvgIpc) is 2.29. The van der Waals surface area contributed by atoms with Crippen LogP contribution in [-0.2, 0) is 10.8 Å². The van der Waals surface area contributed by atoms with E-state index in [0.29, 0.717) is 13.0 Å². The van der Waals surface area contributed by atoms with Crippen molar-refractivity contribution >= 4 is 22.5 Å². The lowest BCUT2D eigenvalue weighted by Gasteiger charge is -2.08. The molecule has 0 aliphatic rings. The summed E-state index contributed by atoms with van der Waals surface area (Å²) in [7, 11) is -0.868. The molecular formula is C10H16N4O2S. The normalized spacial score (nSPS) is 14.0. The number of anilines is 1. The van der Waals surface area contributed by atoms with Gasteiger partial charge in [0, 0.05) is 28.9 Å². The first-order valence-corrected chi connectivity index (χ1v) is 6.82. The topological polar surface area (TPSA) is 98.0 Å². The average molecular weight is 256 g/mol. The molecule has 1 rings (SSSR count). The van der Waals surface area contributed by atoms with Gasteiger partial charge in [0.15, 0.2) is 5.69 Å².